The largest absolute Gasteiger partial charge is 0.444 e. The van der Waals surface area contributed by atoms with E-state index in [4.69, 9.17) is 16.0 Å². The summed E-state index contributed by atoms with van der Waals surface area (Å²) in [5.74, 6) is 1.14. The molecule has 2 aromatic carbocycles. The van der Waals surface area contributed by atoms with Gasteiger partial charge in [0.1, 0.15) is 6.26 Å². The summed E-state index contributed by atoms with van der Waals surface area (Å²) in [4.78, 5) is 4.50. The van der Waals surface area contributed by atoms with Crippen LogP contribution in [0.25, 0.3) is 17.1 Å². The lowest BCUT2D eigenvalue weighted by molar-refractivity contribution is 0.573. The third kappa shape index (κ3) is 3.57. The van der Waals surface area contributed by atoms with Crippen molar-refractivity contribution in [1.29, 1.82) is 0 Å². The predicted molar refractivity (Wildman–Crippen MR) is 95.7 cm³/mol. The Bertz CT molecular complexity index is 985. The summed E-state index contributed by atoms with van der Waals surface area (Å²) in [6.45, 7) is 0. The Kier molecular flexibility index (Phi) is 4.49. The first-order valence-corrected chi connectivity index (χ1v) is 8.83. The summed E-state index contributed by atoms with van der Waals surface area (Å²) in [5, 5.41) is 13.2. The summed E-state index contributed by atoms with van der Waals surface area (Å²) >= 11 is 7.50. The van der Waals surface area contributed by atoms with Gasteiger partial charge in [0.2, 0.25) is 11.0 Å². The molecule has 4 rings (SSSR count). The number of nitrogens with zero attached hydrogens (tertiary/aromatic N) is 5. The van der Waals surface area contributed by atoms with Crippen molar-refractivity contribution in [2.45, 2.75) is 10.9 Å². The van der Waals surface area contributed by atoms with Gasteiger partial charge in [0.25, 0.3) is 0 Å². The molecule has 0 radical (unpaired) electrons. The summed E-state index contributed by atoms with van der Waals surface area (Å²) in [6.07, 6.45) is 1.64. The molecule has 0 saturated carbocycles. The normalized spacial score (nSPS) is 10.9. The van der Waals surface area contributed by atoms with Crippen LogP contribution in [0.15, 0.2) is 70.4 Å². The fourth-order valence-corrected chi connectivity index (χ4v) is 3.22. The highest BCUT2D eigenvalue weighted by Gasteiger charge is 2.12. The standard InChI is InChI=1S/C17H12ClN5OS/c18-13-6-4-5-12(9-13)16-19-14(10-24-16)11-25-17-20-21-22-23(17)15-7-2-1-3-8-15/h1-10H,11H2. The second-order valence-corrected chi connectivity index (χ2v) is 6.53. The monoisotopic (exact) mass is 369 g/mol. The molecule has 0 atom stereocenters. The molecule has 25 heavy (non-hydrogen) atoms. The average molecular weight is 370 g/mol. The number of aromatic nitrogens is 5. The molecule has 0 N–H and O–H groups in total. The van der Waals surface area contributed by atoms with E-state index in [-0.39, 0.29) is 0 Å². The summed E-state index contributed by atoms with van der Waals surface area (Å²) < 4.78 is 7.25. The van der Waals surface area contributed by atoms with Crippen LogP contribution >= 0.6 is 23.4 Å². The third-order valence-corrected chi connectivity index (χ3v) is 4.60. The van der Waals surface area contributed by atoms with Crippen LogP contribution in [0.3, 0.4) is 0 Å². The van der Waals surface area contributed by atoms with Gasteiger partial charge in [0.15, 0.2) is 0 Å². The van der Waals surface area contributed by atoms with Crippen molar-refractivity contribution in [1.82, 2.24) is 25.2 Å². The van der Waals surface area contributed by atoms with Crippen molar-refractivity contribution < 1.29 is 4.42 Å². The Morgan fingerprint density at radius 3 is 2.80 bits per heavy atom. The van der Waals surface area contributed by atoms with Gasteiger partial charge in [-0.25, -0.2) is 4.98 Å². The number of benzene rings is 2. The van der Waals surface area contributed by atoms with Gasteiger partial charge in [-0.05, 0) is 40.8 Å². The lowest BCUT2D eigenvalue weighted by Gasteiger charge is -2.02. The molecule has 4 aromatic rings. The molecule has 0 aliphatic rings. The van der Waals surface area contributed by atoms with Gasteiger partial charge in [0.05, 0.1) is 11.4 Å². The minimum Gasteiger partial charge on any atom is -0.444 e. The first-order valence-electron chi connectivity index (χ1n) is 7.46. The molecule has 2 heterocycles. The van der Waals surface area contributed by atoms with Crippen LogP contribution in [0.1, 0.15) is 5.69 Å². The second kappa shape index (κ2) is 7.08. The highest BCUT2D eigenvalue weighted by molar-refractivity contribution is 7.98. The van der Waals surface area contributed by atoms with E-state index in [0.29, 0.717) is 21.8 Å². The maximum Gasteiger partial charge on any atom is 0.226 e. The van der Waals surface area contributed by atoms with Gasteiger partial charge in [0, 0.05) is 16.3 Å². The van der Waals surface area contributed by atoms with Crippen molar-refractivity contribution in [3.05, 3.63) is 71.6 Å². The Morgan fingerprint density at radius 2 is 1.96 bits per heavy atom. The van der Waals surface area contributed by atoms with Crippen molar-refractivity contribution in [2.24, 2.45) is 0 Å². The summed E-state index contributed by atoms with van der Waals surface area (Å²) in [5.41, 5.74) is 2.57. The molecule has 0 saturated heterocycles. The van der Waals surface area contributed by atoms with Crippen LogP contribution in [0.4, 0.5) is 0 Å². The zero-order chi connectivity index (χ0) is 17.1. The Morgan fingerprint density at radius 1 is 1.08 bits per heavy atom. The van der Waals surface area contributed by atoms with E-state index >= 15 is 0 Å². The number of thioether (sulfide) groups is 1. The molecule has 0 amide bonds. The Hall–Kier alpha value is -2.64. The number of para-hydroxylation sites is 1. The predicted octanol–water partition coefficient (Wildman–Crippen LogP) is 4.26. The van der Waals surface area contributed by atoms with Gasteiger partial charge in [-0.15, -0.1) is 5.10 Å². The van der Waals surface area contributed by atoms with Crippen molar-refractivity contribution in [3.8, 4) is 17.1 Å². The van der Waals surface area contributed by atoms with Crippen molar-refractivity contribution >= 4 is 23.4 Å². The minimum absolute atomic E-state index is 0.542. The fourth-order valence-electron chi connectivity index (χ4n) is 2.27. The number of hydrogen-bond donors (Lipinski definition) is 0. The van der Waals surface area contributed by atoms with E-state index in [0.717, 1.165) is 16.9 Å². The highest BCUT2D eigenvalue weighted by Crippen LogP contribution is 2.26. The summed E-state index contributed by atoms with van der Waals surface area (Å²) in [6, 6.07) is 17.2. The molecule has 0 unspecified atom stereocenters. The van der Waals surface area contributed by atoms with Crippen LogP contribution in [-0.4, -0.2) is 25.2 Å². The quantitative estimate of drug-likeness (QED) is 0.489. The zero-order valence-corrected chi connectivity index (χ0v) is 14.5. The second-order valence-electron chi connectivity index (χ2n) is 5.15. The third-order valence-electron chi connectivity index (χ3n) is 3.41. The lowest BCUT2D eigenvalue weighted by atomic mass is 10.2. The molecule has 2 aromatic heterocycles. The van der Waals surface area contributed by atoms with Crippen LogP contribution < -0.4 is 0 Å². The van der Waals surface area contributed by atoms with Gasteiger partial charge < -0.3 is 4.42 Å². The number of rotatable bonds is 5. The Labute approximate surface area is 152 Å². The van der Waals surface area contributed by atoms with E-state index in [1.165, 1.54) is 11.8 Å². The molecule has 0 fully saturated rings. The van der Waals surface area contributed by atoms with E-state index in [1.54, 1.807) is 10.9 Å². The van der Waals surface area contributed by atoms with E-state index in [2.05, 4.69) is 20.5 Å². The zero-order valence-electron chi connectivity index (χ0n) is 12.9. The number of tetrazole rings is 1. The van der Waals surface area contributed by atoms with Crippen molar-refractivity contribution in [2.75, 3.05) is 0 Å². The first kappa shape index (κ1) is 15.9. The number of halogens is 1. The first-order chi connectivity index (χ1) is 12.3. The number of oxazole rings is 1. The molecule has 0 aliphatic carbocycles. The van der Waals surface area contributed by atoms with E-state index in [1.807, 2.05) is 54.6 Å². The molecular formula is C17H12ClN5OS. The van der Waals surface area contributed by atoms with Gasteiger partial charge in [-0.2, -0.15) is 4.68 Å². The van der Waals surface area contributed by atoms with Crippen LogP contribution in [0.2, 0.25) is 5.02 Å². The molecule has 0 aliphatic heterocycles. The molecule has 6 nitrogen and oxygen atoms in total. The van der Waals surface area contributed by atoms with E-state index < -0.39 is 0 Å². The molecule has 0 bridgehead atoms. The SMILES string of the molecule is Clc1cccc(-c2nc(CSc3nnnn3-c3ccccc3)co2)c1. The lowest BCUT2D eigenvalue weighted by Crippen LogP contribution is -1.98. The van der Waals surface area contributed by atoms with Crippen LogP contribution in [-0.2, 0) is 5.75 Å². The molecule has 8 heteroatoms. The van der Waals surface area contributed by atoms with E-state index in [9.17, 15) is 0 Å². The number of hydrogen-bond acceptors (Lipinski definition) is 6. The molecule has 0 spiro atoms. The molecular weight excluding hydrogens is 358 g/mol. The topological polar surface area (TPSA) is 69.6 Å². The maximum absolute atomic E-state index is 6.01. The molecule has 124 valence electrons. The van der Waals surface area contributed by atoms with Gasteiger partial charge in [-0.3, -0.25) is 0 Å². The maximum atomic E-state index is 6.01. The smallest absolute Gasteiger partial charge is 0.226 e. The van der Waals surface area contributed by atoms with Crippen molar-refractivity contribution in [3.63, 3.8) is 0 Å². The highest BCUT2D eigenvalue weighted by atomic mass is 35.5. The van der Waals surface area contributed by atoms with Gasteiger partial charge in [-0.1, -0.05) is 47.6 Å². The minimum atomic E-state index is 0.542. The van der Waals surface area contributed by atoms with Crippen LogP contribution in [0, 0.1) is 0 Å². The Balaban J connectivity index is 1.49. The average Bonchev–Trinajstić information content (AvgIpc) is 3.30. The fraction of sp³-hybridized carbons (Fsp3) is 0.0588. The van der Waals surface area contributed by atoms with Gasteiger partial charge >= 0.3 is 0 Å². The van der Waals surface area contributed by atoms with Crippen LogP contribution in [0.5, 0.6) is 0 Å². The summed E-state index contributed by atoms with van der Waals surface area (Å²) in [7, 11) is 0.